The van der Waals surface area contributed by atoms with Gasteiger partial charge in [0.2, 0.25) is 0 Å². The minimum absolute atomic E-state index is 0.0000164. The molecule has 0 rings (SSSR count). The molecule has 0 bridgehead atoms. The first kappa shape index (κ1) is 15.6. The van der Waals surface area contributed by atoms with Gasteiger partial charge in [-0.05, 0) is 6.42 Å². The summed E-state index contributed by atoms with van der Waals surface area (Å²) in [5.74, 6) is -0.507. The van der Waals surface area contributed by atoms with E-state index in [-0.39, 0.29) is 32.4 Å². The van der Waals surface area contributed by atoms with Crippen LogP contribution in [0.3, 0.4) is 0 Å². The molecule has 0 heterocycles. The van der Waals surface area contributed by atoms with Crippen LogP contribution in [0.5, 0.6) is 0 Å². The summed E-state index contributed by atoms with van der Waals surface area (Å²) in [7, 11) is -2.29. The molecule has 0 amide bonds. The number of aliphatic hydroxyl groups is 2. The first-order valence-electron chi connectivity index (χ1n) is 5.20. The second-order valence-corrected chi connectivity index (χ2v) is 4.72. The molecule has 7 heteroatoms. The van der Waals surface area contributed by atoms with Crippen molar-refractivity contribution in [2.75, 3.05) is 26.0 Å². The largest absolute Gasteiger partial charge is 0.463 e. The van der Waals surface area contributed by atoms with Gasteiger partial charge in [0.25, 0.3) is 0 Å². The highest BCUT2D eigenvalue weighted by molar-refractivity contribution is 7.39. The molecule has 6 nitrogen and oxygen atoms in total. The van der Waals surface area contributed by atoms with Gasteiger partial charge >= 0.3 is 5.97 Å². The Balaban J connectivity index is 3.53. The van der Waals surface area contributed by atoms with E-state index in [1.165, 1.54) is 0 Å². The van der Waals surface area contributed by atoms with Crippen LogP contribution in [0.2, 0.25) is 0 Å². The lowest BCUT2D eigenvalue weighted by molar-refractivity contribution is -0.144. The molecule has 0 aromatic carbocycles. The van der Waals surface area contributed by atoms with Gasteiger partial charge in [0.1, 0.15) is 6.61 Å². The summed E-state index contributed by atoms with van der Waals surface area (Å²) in [6.07, 6.45) is 0.0225. The van der Waals surface area contributed by atoms with E-state index in [1.807, 2.05) is 0 Å². The van der Waals surface area contributed by atoms with E-state index in [0.29, 0.717) is 6.42 Å². The third-order valence-corrected chi connectivity index (χ3v) is 2.94. The lowest BCUT2D eigenvalue weighted by atomic mass is 10.3. The Labute approximate surface area is 95.4 Å². The van der Waals surface area contributed by atoms with Gasteiger partial charge in [0, 0.05) is 6.16 Å². The molecular weight excluding hydrogens is 235 g/mol. The summed E-state index contributed by atoms with van der Waals surface area (Å²) < 4.78 is 20.7. The van der Waals surface area contributed by atoms with Gasteiger partial charge in [-0.3, -0.25) is 9.36 Å². The Morgan fingerprint density at radius 2 is 2.19 bits per heavy atom. The predicted octanol–water partition coefficient (Wildman–Crippen LogP) is 0.174. The van der Waals surface area contributed by atoms with E-state index >= 15 is 0 Å². The van der Waals surface area contributed by atoms with E-state index in [2.05, 4.69) is 4.74 Å². The molecule has 16 heavy (non-hydrogen) atoms. The highest BCUT2D eigenvalue weighted by Gasteiger charge is 2.08. The molecule has 0 aliphatic carbocycles. The van der Waals surface area contributed by atoms with Crippen molar-refractivity contribution in [3.63, 3.8) is 0 Å². The quantitative estimate of drug-likeness (QED) is 0.450. The van der Waals surface area contributed by atoms with Gasteiger partial charge in [-0.2, -0.15) is 0 Å². The van der Waals surface area contributed by atoms with Crippen molar-refractivity contribution in [3.8, 4) is 0 Å². The van der Waals surface area contributed by atoms with Crippen molar-refractivity contribution in [1.29, 1.82) is 0 Å². The third-order valence-electron chi connectivity index (χ3n) is 1.80. The maximum absolute atomic E-state index is 11.2. The van der Waals surface area contributed by atoms with Crippen LogP contribution >= 0.6 is 8.03 Å². The Bertz CT molecular complexity index is 220. The van der Waals surface area contributed by atoms with Crippen LogP contribution in [0.1, 0.15) is 19.8 Å². The molecule has 2 atom stereocenters. The molecule has 0 aliphatic heterocycles. The predicted molar refractivity (Wildman–Crippen MR) is 58.8 cm³/mol. The lowest BCUT2D eigenvalue weighted by Crippen LogP contribution is -2.12. The Kier molecular flexibility index (Phi) is 9.52. The molecule has 0 radical (unpaired) electrons. The van der Waals surface area contributed by atoms with E-state index in [4.69, 9.17) is 14.7 Å². The molecule has 0 aliphatic rings. The molecule has 96 valence electrons. The van der Waals surface area contributed by atoms with Crippen molar-refractivity contribution >= 4 is 14.0 Å². The van der Waals surface area contributed by atoms with Crippen LogP contribution in [0, 0.1) is 0 Å². The molecule has 0 saturated heterocycles. The van der Waals surface area contributed by atoms with Gasteiger partial charge in [-0.15, -0.1) is 0 Å². The smallest absolute Gasteiger partial charge is 0.306 e. The summed E-state index contributed by atoms with van der Waals surface area (Å²) in [5.41, 5.74) is 0. The second kappa shape index (κ2) is 9.78. The van der Waals surface area contributed by atoms with E-state index in [9.17, 15) is 9.36 Å². The van der Waals surface area contributed by atoms with Crippen LogP contribution in [-0.4, -0.2) is 48.3 Å². The number of ether oxygens (including phenoxy) is 1. The van der Waals surface area contributed by atoms with Crippen LogP contribution < -0.4 is 0 Å². The summed E-state index contributed by atoms with van der Waals surface area (Å²) in [6.45, 7) is 1.55. The summed E-state index contributed by atoms with van der Waals surface area (Å²) >= 11 is 0. The molecule has 0 spiro atoms. The zero-order chi connectivity index (χ0) is 12.4. The maximum atomic E-state index is 11.2. The van der Waals surface area contributed by atoms with Crippen molar-refractivity contribution in [2.24, 2.45) is 0 Å². The molecule has 0 aromatic rings. The second-order valence-electron chi connectivity index (χ2n) is 3.19. The highest BCUT2D eigenvalue weighted by Crippen LogP contribution is 2.23. The van der Waals surface area contributed by atoms with E-state index in [0.717, 1.165) is 0 Å². The van der Waals surface area contributed by atoms with Crippen molar-refractivity contribution < 1.29 is 28.8 Å². The van der Waals surface area contributed by atoms with Crippen molar-refractivity contribution in [3.05, 3.63) is 0 Å². The summed E-state index contributed by atoms with van der Waals surface area (Å²) in [4.78, 5) is 10.9. The lowest BCUT2D eigenvalue weighted by Gasteiger charge is -2.08. The zero-order valence-corrected chi connectivity index (χ0v) is 10.3. The topological polar surface area (TPSA) is 93.1 Å². The van der Waals surface area contributed by atoms with Gasteiger partial charge in [-0.25, -0.2) is 0 Å². The number of hydrogen-bond donors (Lipinski definition) is 2. The monoisotopic (exact) mass is 254 g/mol. The van der Waals surface area contributed by atoms with Crippen LogP contribution in [0.25, 0.3) is 0 Å². The fourth-order valence-electron chi connectivity index (χ4n) is 0.815. The number of aliphatic hydroxyl groups excluding tert-OH is 2. The molecule has 0 saturated carbocycles. The van der Waals surface area contributed by atoms with Crippen molar-refractivity contribution in [2.45, 2.75) is 25.9 Å². The molecular formula is C9H19O6P. The Hall–Kier alpha value is -0.420. The molecule has 0 aromatic heterocycles. The van der Waals surface area contributed by atoms with E-state index < -0.39 is 20.1 Å². The van der Waals surface area contributed by atoms with Crippen molar-refractivity contribution in [1.82, 2.24) is 0 Å². The number of carbonyl (C=O) groups excluding carboxylic acids is 1. The average molecular weight is 254 g/mol. The SMILES string of the molecule is CCC(O)CO[PH](=O)CCC(=O)OCCO. The highest BCUT2D eigenvalue weighted by atomic mass is 31.1. The normalized spacial score (nSPS) is 14.4. The fourth-order valence-corrected chi connectivity index (χ4v) is 1.75. The number of carbonyl (C=O) groups is 1. The number of hydrogen-bond acceptors (Lipinski definition) is 6. The summed E-state index contributed by atoms with van der Waals surface area (Å²) in [5, 5.41) is 17.5. The Morgan fingerprint density at radius 3 is 2.75 bits per heavy atom. The fraction of sp³-hybridized carbons (Fsp3) is 0.889. The number of esters is 1. The average Bonchev–Trinajstić information content (AvgIpc) is 2.30. The third kappa shape index (κ3) is 8.85. The Morgan fingerprint density at radius 1 is 1.50 bits per heavy atom. The molecule has 2 N–H and O–H groups in total. The summed E-state index contributed by atoms with van der Waals surface area (Å²) in [6, 6.07) is 0. The van der Waals surface area contributed by atoms with Crippen LogP contribution in [-0.2, 0) is 18.6 Å². The maximum Gasteiger partial charge on any atom is 0.306 e. The van der Waals surface area contributed by atoms with Crippen LogP contribution in [0.4, 0.5) is 0 Å². The number of rotatable bonds is 9. The van der Waals surface area contributed by atoms with Gasteiger partial charge < -0.3 is 19.5 Å². The minimum atomic E-state index is -2.29. The van der Waals surface area contributed by atoms with Gasteiger partial charge in [-0.1, -0.05) is 6.92 Å². The molecule has 2 unspecified atom stereocenters. The minimum Gasteiger partial charge on any atom is -0.463 e. The first-order chi connectivity index (χ1) is 7.60. The van der Waals surface area contributed by atoms with Gasteiger partial charge in [0.15, 0.2) is 8.03 Å². The standard InChI is InChI=1S/C9H19O6P/c1-2-8(11)7-15-16(13)6-3-9(12)14-5-4-10/h8,10-11,16H,2-7H2,1H3. The zero-order valence-electron chi connectivity index (χ0n) is 9.35. The first-order valence-corrected chi connectivity index (χ1v) is 6.72. The van der Waals surface area contributed by atoms with E-state index in [1.54, 1.807) is 6.92 Å². The van der Waals surface area contributed by atoms with Crippen LogP contribution in [0.15, 0.2) is 0 Å². The van der Waals surface area contributed by atoms with Gasteiger partial charge in [0.05, 0.1) is 25.7 Å². The molecule has 0 fully saturated rings.